The van der Waals surface area contributed by atoms with Crippen LogP contribution in [0, 0.1) is 0 Å². The number of rotatable bonds is 9. The minimum absolute atomic E-state index is 0.0156. The number of nitrogens with zero attached hydrogens (tertiary/aromatic N) is 1. The van der Waals surface area contributed by atoms with Crippen LogP contribution in [0.4, 0.5) is 10.5 Å². The van der Waals surface area contributed by atoms with E-state index in [0.717, 1.165) is 0 Å². The van der Waals surface area contributed by atoms with Gasteiger partial charge in [0.2, 0.25) is 0 Å². The molecular formula is C20H24Cl2N2O5S. The third-order valence-electron chi connectivity index (χ3n) is 4.67. The quantitative estimate of drug-likeness (QED) is 0.495. The predicted molar refractivity (Wildman–Crippen MR) is 118 cm³/mol. The Kier molecular flexibility index (Phi) is 8.37. The van der Waals surface area contributed by atoms with Crippen LogP contribution in [0.25, 0.3) is 0 Å². The van der Waals surface area contributed by atoms with Gasteiger partial charge < -0.3 is 15.5 Å². The molecule has 0 bridgehead atoms. The van der Waals surface area contributed by atoms with Crippen LogP contribution in [0.15, 0.2) is 47.4 Å². The monoisotopic (exact) mass is 474 g/mol. The molecule has 0 spiro atoms. The summed E-state index contributed by atoms with van der Waals surface area (Å²) in [6.07, 6.45) is -0.485. The minimum atomic E-state index is -4.07. The van der Waals surface area contributed by atoms with E-state index in [0.29, 0.717) is 22.0 Å². The number of nitrogens with one attached hydrogen (secondary N) is 1. The molecule has 2 rings (SSSR count). The molecule has 0 fully saturated rings. The Morgan fingerprint density at radius 1 is 1.13 bits per heavy atom. The number of aliphatic hydroxyl groups excluding tert-OH is 1. The highest BCUT2D eigenvalue weighted by Crippen LogP contribution is 2.33. The standard InChI is InChI=1S/C20H24Cl2N2O5S/c1-3-17(23-20(26)27)10-13(2)24(19-11-16(22)5-4-14(19)12-25)30(28,29)18-8-6-15(21)7-9-18/h4-9,11,13,17,23,25H,3,10,12H2,1-2H3,(H,26,27). The molecule has 1 amide bonds. The number of halogens is 2. The zero-order valence-corrected chi connectivity index (χ0v) is 18.9. The van der Waals surface area contributed by atoms with E-state index in [1.54, 1.807) is 19.1 Å². The summed E-state index contributed by atoms with van der Waals surface area (Å²) in [6, 6.07) is 9.23. The summed E-state index contributed by atoms with van der Waals surface area (Å²) in [5.41, 5.74) is 0.612. The largest absolute Gasteiger partial charge is 0.465 e. The molecule has 2 atom stereocenters. The van der Waals surface area contributed by atoms with Crippen molar-refractivity contribution in [1.29, 1.82) is 0 Å². The summed E-state index contributed by atoms with van der Waals surface area (Å²) in [5.74, 6) is 0. The number of anilines is 1. The Bertz CT molecular complexity index is 983. The molecule has 2 unspecified atom stereocenters. The van der Waals surface area contributed by atoms with Gasteiger partial charge >= 0.3 is 6.09 Å². The smallest absolute Gasteiger partial charge is 0.404 e. The first kappa shape index (κ1) is 24.3. The zero-order chi connectivity index (χ0) is 22.5. The van der Waals surface area contributed by atoms with Gasteiger partial charge in [0.25, 0.3) is 10.0 Å². The lowest BCUT2D eigenvalue weighted by atomic mass is 10.0. The molecule has 0 aliphatic heterocycles. The molecule has 0 aliphatic carbocycles. The van der Waals surface area contributed by atoms with Crippen molar-refractivity contribution in [1.82, 2.24) is 5.32 Å². The molecule has 0 aromatic heterocycles. The number of benzene rings is 2. The van der Waals surface area contributed by atoms with E-state index in [-0.39, 0.29) is 17.0 Å². The fraction of sp³-hybridized carbons (Fsp3) is 0.350. The maximum atomic E-state index is 13.6. The molecule has 0 radical (unpaired) electrons. The van der Waals surface area contributed by atoms with E-state index in [1.807, 2.05) is 6.92 Å². The Morgan fingerprint density at radius 2 is 1.73 bits per heavy atom. The summed E-state index contributed by atoms with van der Waals surface area (Å²) in [4.78, 5) is 11.1. The number of sulfonamides is 1. The van der Waals surface area contributed by atoms with Crippen molar-refractivity contribution >= 4 is 45.0 Å². The van der Waals surface area contributed by atoms with E-state index >= 15 is 0 Å². The zero-order valence-electron chi connectivity index (χ0n) is 16.5. The summed E-state index contributed by atoms with van der Waals surface area (Å²) in [5, 5.41) is 22.0. The highest BCUT2D eigenvalue weighted by Gasteiger charge is 2.32. The number of carboxylic acid groups (broad SMARTS) is 1. The van der Waals surface area contributed by atoms with E-state index in [2.05, 4.69) is 5.32 Å². The van der Waals surface area contributed by atoms with Crippen LogP contribution in [-0.2, 0) is 16.6 Å². The van der Waals surface area contributed by atoms with Crippen molar-refractivity contribution in [2.45, 2.75) is 50.3 Å². The average molecular weight is 475 g/mol. The van der Waals surface area contributed by atoms with Crippen molar-refractivity contribution in [3.63, 3.8) is 0 Å². The van der Waals surface area contributed by atoms with Gasteiger partial charge in [0.05, 0.1) is 17.2 Å². The van der Waals surface area contributed by atoms with Crippen LogP contribution in [0.5, 0.6) is 0 Å². The maximum Gasteiger partial charge on any atom is 0.404 e. The number of hydrogen-bond donors (Lipinski definition) is 3. The van der Waals surface area contributed by atoms with E-state index in [9.17, 15) is 18.3 Å². The average Bonchev–Trinajstić information content (AvgIpc) is 2.67. The molecule has 30 heavy (non-hydrogen) atoms. The Balaban J connectivity index is 2.59. The lowest BCUT2D eigenvalue weighted by Gasteiger charge is -2.34. The number of hydrogen-bond acceptors (Lipinski definition) is 4. The van der Waals surface area contributed by atoms with E-state index in [1.165, 1.54) is 34.6 Å². The molecule has 164 valence electrons. The molecule has 3 N–H and O–H groups in total. The molecular weight excluding hydrogens is 451 g/mol. The van der Waals surface area contributed by atoms with Crippen molar-refractivity contribution in [3.05, 3.63) is 58.1 Å². The van der Waals surface area contributed by atoms with E-state index < -0.39 is 34.8 Å². The van der Waals surface area contributed by atoms with Gasteiger partial charge in [-0.05, 0) is 56.2 Å². The molecule has 7 nitrogen and oxygen atoms in total. The van der Waals surface area contributed by atoms with Crippen molar-refractivity contribution in [3.8, 4) is 0 Å². The van der Waals surface area contributed by atoms with Gasteiger partial charge in [0.1, 0.15) is 0 Å². The first-order chi connectivity index (χ1) is 14.1. The first-order valence-electron chi connectivity index (χ1n) is 9.28. The first-order valence-corrected chi connectivity index (χ1v) is 11.5. The van der Waals surface area contributed by atoms with Crippen LogP contribution in [0.2, 0.25) is 10.0 Å². The molecule has 2 aromatic rings. The van der Waals surface area contributed by atoms with E-state index in [4.69, 9.17) is 28.3 Å². The topological polar surface area (TPSA) is 107 Å². The second kappa shape index (κ2) is 10.3. The van der Waals surface area contributed by atoms with Gasteiger partial charge in [-0.3, -0.25) is 4.31 Å². The van der Waals surface area contributed by atoms with Gasteiger partial charge in [-0.1, -0.05) is 36.2 Å². The molecule has 0 saturated carbocycles. The molecule has 0 saturated heterocycles. The van der Waals surface area contributed by atoms with Crippen LogP contribution in [0.3, 0.4) is 0 Å². The van der Waals surface area contributed by atoms with Gasteiger partial charge in [0, 0.05) is 27.7 Å². The summed E-state index contributed by atoms with van der Waals surface area (Å²) < 4.78 is 28.3. The van der Waals surface area contributed by atoms with Crippen LogP contribution in [-0.4, -0.2) is 36.8 Å². The molecule has 0 heterocycles. The van der Waals surface area contributed by atoms with Crippen molar-refractivity contribution in [2.75, 3.05) is 4.31 Å². The Hall–Kier alpha value is -2.00. The van der Waals surface area contributed by atoms with Gasteiger partial charge in [-0.25, -0.2) is 13.2 Å². The Labute approximate surface area is 186 Å². The fourth-order valence-corrected chi connectivity index (χ4v) is 5.20. The third kappa shape index (κ3) is 5.78. The fourth-order valence-electron chi connectivity index (χ4n) is 3.21. The maximum absolute atomic E-state index is 13.6. The van der Waals surface area contributed by atoms with Crippen LogP contribution in [0.1, 0.15) is 32.3 Å². The van der Waals surface area contributed by atoms with Gasteiger partial charge in [-0.2, -0.15) is 0 Å². The SMILES string of the molecule is CCC(CC(C)N(c1cc(Cl)ccc1CO)S(=O)(=O)c1ccc(Cl)cc1)NC(=O)O. The Morgan fingerprint density at radius 3 is 2.27 bits per heavy atom. The summed E-state index contributed by atoms with van der Waals surface area (Å²) >= 11 is 12.0. The minimum Gasteiger partial charge on any atom is -0.465 e. The van der Waals surface area contributed by atoms with Crippen molar-refractivity contribution < 1.29 is 23.4 Å². The lowest BCUT2D eigenvalue weighted by Crippen LogP contribution is -2.44. The molecule has 2 aromatic carbocycles. The van der Waals surface area contributed by atoms with Crippen LogP contribution < -0.4 is 9.62 Å². The van der Waals surface area contributed by atoms with Gasteiger partial charge in [-0.15, -0.1) is 0 Å². The van der Waals surface area contributed by atoms with Crippen molar-refractivity contribution in [2.24, 2.45) is 0 Å². The van der Waals surface area contributed by atoms with Crippen LogP contribution >= 0.6 is 23.2 Å². The predicted octanol–water partition coefficient (Wildman–Crippen LogP) is 4.51. The second-order valence-electron chi connectivity index (χ2n) is 6.83. The molecule has 10 heteroatoms. The number of aliphatic hydroxyl groups is 1. The third-order valence-corrected chi connectivity index (χ3v) is 7.10. The summed E-state index contributed by atoms with van der Waals surface area (Å²) in [6.45, 7) is 3.10. The lowest BCUT2D eigenvalue weighted by molar-refractivity contribution is 0.188. The number of carbonyl (C=O) groups is 1. The van der Waals surface area contributed by atoms with Gasteiger partial charge in [0.15, 0.2) is 0 Å². The normalized spacial score (nSPS) is 13.5. The molecule has 0 aliphatic rings. The second-order valence-corrected chi connectivity index (χ2v) is 9.51. The highest BCUT2D eigenvalue weighted by molar-refractivity contribution is 7.92. The summed E-state index contributed by atoms with van der Waals surface area (Å²) in [7, 11) is -4.07. The number of amides is 1. The highest BCUT2D eigenvalue weighted by atomic mass is 35.5.